The largest absolute Gasteiger partial charge is 0.481 e. The maximum atomic E-state index is 13.2. The van der Waals surface area contributed by atoms with Crippen molar-refractivity contribution >= 4 is 15.8 Å². The number of rotatable bonds is 3. The highest BCUT2D eigenvalue weighted by molar-refractivity contribution is 7.91. The van der Waals surface area contributed by atoms with Gasteiger partial charge in [-0.3, -0.25) is 4.79 Å². The highest BCUT2D eigenvalue weighted by atomic mass is 32.2. The van der Waals surface area contributed by atoms with Crippen LogP contribution in [0.2, 0.25) is 0 Å². The third kappa shape index (κ3) is 2.25. The van der Waals surface area contributed by atoms with E-state index in [9.17, 15) is 17.6 Å². The number of hydrogen-bond donors (Lipinski definition) is 1. The average Bonchev–Trinajstić information content (AvgIpc) is 2.50. The fourth-order valence-corrected chi connectivity index (χ4v) is 4.17. The van der Waals surface area contributed by atoms with E-state index in [0.717, 1.165) is 6.07 Å². The summed E-state index contributed by atoms with van der Waals surface area (Å²) in [6.07, 6.45) is 0.199. The van der Waals surface area contributed by atoms with E-state index < -0.39 is 33.5 Å². The van der Waals surface area contributed by atoms with Crippen molar-refractivity contribution < 1.29 is 22.7 Å². The van der Waals surface area contributed by atoms with E-state index >= 15 is 0 Å². The molecule has 0 fully saturated rings. The van der Waals surface area contributed by atoms with Gasteiger partial charge in [-0.1, -0.05) is 6.92 Å². The summed E-state index contributed by atoms with van der Waals surface area (Å²) in [6, 6.07) is 3.56. The molecule has 4 nitrogen and oxygen atoms in total. The van der Waals surface area contributed by atoms with Crippen LogP contribution >= 0.6 is 0 Å². The van der Waals surface area contributed by atoms with Crippen molar-refractivity contribution in [3.63, 3.8) is 0 Å². The molecule has 0 saturated carbocycles. The van der Waals surface area contributed by atoms with Gasteiger partial charge in [0.1, 0.15) is 5.82 Å². The molecular weight excluding hydrogens is 259 g/mol. The molecule has 98 valence electrons. The first kappa shape index (κ1) is 13.0. The molecule has 0 amide bonds. The van der Waals surface area contributed by atoms with Crippen LogP contribution in [0, 0.1) is 11.7 Å². The summed E-state index contributed by atoms with van der Waals surface area (Å²) in [4.78, 5) is 10.9. The summed E-state index contributed by atoms with van der Waals surface area (Å²) in [5.41, 5.74) is 0.406. The third-order valence-electron chi connectivity index (χ3n) is 3.23. The van der Waals surface area contributed by atoms with E-state index in [1.165, 1.54) is 19.1 Å². The summed E-state index contributed by atoms with van der Waals surface area (Å²) in [5, 5.41) is 8.85. The second-order valence-corrected chi connectivity index (χ2v) is 6.64. The smallest absolute Gasteiger partial charge is 0.306 e. The molecule has 2 atom stereocenters. The van der Waals surface area contributed by atoms with E-state index in [0.29, 0.717) is 5.56 Å². The van der Waals surface area contributed by atoms with Crippen molar-refractivity contribution in [1.29, 1.82) is 0 Å². The summed E-state index contributed by atoms with van der Waals surface area (Å²) >= 11 is 0. The van der Waals surface area contributed by atoms with Gasteiger partial charge in [-0.25, -0.2) is 12.8 Å². The minimum Gasteiger partial charge on any atom is -0.481 e. The van der Waals surface area contributed by atoms with Crippen molar-refractivity contribution in [2.45, 2.75) is 24.2 Å². The topological polar surface area (TPSA) is 71.4 Å². The molecular formula is C12H13FO4S. The molecule has 0 saturated heterocycles. The highest BCUT2D eigenvalue weighted by Crippen LogP contribution is 2.38. The Bertz CT molecular complexity index is 594. The molecule has 1 aliphatic rings. The zero-order chi connectivity index (χ0) is 13.5. The normalized spacial score (nSPS) is 22.4. The van der Waals surface area contributed by atoms with Gasteiger partial charge in [0.05, 0.1) is 16.6 Å². The molecule has 0 aromatic heterocycles. The fraction of sp³-hybridized carbons (Fsp3) is 0.417. The predicted octanol–water partition coefficient (Wildman–Crippen LogP) is 1.81. The lowest BCUT2D eigenvalue weighted by molar-refractivity contribution is -0.141. The van der Waals surface area contributed by atoms with Crippen LogP contribution in [0.15, 0.2) is 23.1 Å². The fourth-order valence-electron chi connectivity index (χ4n) is 2.29. The Balaban J connectivity index is 2.38. The Hall–Kier alpha value is -1.43. The second-order valence-electron chi connectivity index (χ2n) is 4.64. The number of halogens is 1. The molecule has 2 rings (SSSR count). The maximum Gasteiger partial charge on any atom is 0.306 e. The van der Waals surface area contributed by atoms with E-state index in [-0.39, 0.29) is 17.1 Å². The molecule has 1 N–H and O–H groups in total. The van der Waals surface area contributed by atoms with Crippen molar-refractivity contribution in [3.8, 4) is 0 Å². The minimum atomic E-state index is -3.40. The summed E-state index contributed by atoms with van der Waals surface area (Å²) in [7, 11) is -3.40. The molecule has 0 radical (unpaired) electrons. The molecule has 6 heteroatoms. The number of benzene rings is 1. The predicted molar refractivity (Wildman–Crippen MR) is 62.6 cm³/mol. The number of carbonyl (C=O) groups is 1. The monoisotopic (exact) mass is 272 g/mol. The Morgan fingerprint density at radius 2 is 2.22 bits per heavy atom. The lowest BCUT2D eigenvalue weighted by atomic mass is 9.91. The molecule has 1 aliphatic heterocycles. The van der Waals surface area contributed by atoms with Crippen LogP contribution in [-0.4, -0.2) is 25.2 Å². The van der Waals surface area contributed by atoms with Crippen molar-refractivity contribution in [3.05, 3.63) is 29.6 Å². The van der Waals surface area contributed by atoms with Crippen LogP contribution in [0.25, 0.3) is 0 Å². The molecule has 2 unspecified atom stereocenters. The lowest BCUT2D eigenvalue weighted by Gasteiger charge is -2.12. The molecule has 0 aliphatic carbocycles. The van der Waals surface area contributed by atoms with Crippen LogP contribution in [0.3, 0.4) is 0 Å². The van der Waals surface area contributed by atoms with Crippen LogP contribution in [0.5, 0.6) is 0 Å². The number of aliphatic carboxylic acids is 1. The van der Waals surface area contributed by atoms with Crippen molar-refractivity contribution in [2.24, 2.45) is 5.92 Å². The van der Waals surface area contributed by atoms with Crippen molar-refractivity contribution in [2.75, 3.05) is 5.75 Å². The number of fused-ring (bicyclic) bond motifs is 1. The van der Waals surface area contributed by atoms with Gasteiger partial charge in [0.25, 0.3) is 0 Å². The lowest BCUT2D eigenvalue weighted by Crippen LogP contribution is -2.15. The van der Waals surface area contributed by atoms with Gasteiger partial charge in [0.2, 0.25) is 0 Å². The summed E-state index contributed by atoms with van der Waals surface area (Å²) in [6.45, 7) is 1.52. The van der Waals surface area contributed by atoms with Crippen LogP contribution in [-0.2, 0) is 14.6 Å². The molecule has 0 spiro atoms. The first-order valence-electron chi connectivity index (χ1n) is 5.56. The second kappa shape index (κ2) is 4.35. The summed E-state index contributed by atoms with van der Waals surface area (Å²) in [5.74, 6) is -2.70. The SMILES string of the molecule is CC(CC1CS(=O)(=O)c2ccc(F)cc21)C(=O)O. The van der Waals surface area contributed by atoms with Crippen LogP contribution in [0.1, 0.15) is 24.8 Å². The number of carboxylic acid groups (broad SMARTS) is 1. The number of hydrogen-bond acceptors (Lipinski definition) is 3. The molecule has 0 bridgehead atoms. The van der Waals surface area contributed by atoms with Gasteiger partial charge >= 0.3 is 5.97 Å². The Kier molecular flexibility index (Phi) is 3.14. The maximum absolute atomic E-state index is 13.2. The standard InChI is InChI=1S/C12H13FO4S/c1-7(12(14)15)4-8-6-18(16,17)11-3-2-9(13)5-10(8)11/h2-3,5,7-8H,4,6H2,1H3,(H,14,15). The Morgan fingerprint density at radius 1 is 1.56 bits per heavy atom. The van der Waals surface area contributed by atoms with Crippen LogP contribution in [0.4, 0.5) is 4.39 Å². The van der Waals surface area contributed by atoms with E-state index in [1.54, 1.807) is 0 Å². The average molecular weight is 272 g/mol. The highest BCUT2D eigenvalue weighted by Gasteiger charge is 2.36. The van der Waals surface area contributed by atoms with E-state index in [2.05, 4.69) is 0 Å². The quantitative estimate of drug-likeness (QED) is 0.852. The molecule has 1 aromatic rings. The van der Waals surface area contributed by atoms with Gasteiger partial charge in [0.15, 0.2) is 9.84 Å². The van der Waals surface area contributed by atoms with Crippen molar-refractivity contribution in [1.82, 2.24) is 0 Å². The zero-order valence-corrected chi connectivity index (χ0v) is 10.6. The molecule has 18 heavy (non-hydrogen) atoms. The number of carboxylic acids is 1. The van der Waals surface area contributed by atoms with Gasteiger partial charge in [-0.15, -0.1) is 0 Å². The van der Waals surface area contributed by atoms with E-state index in [4.69, 9.17) is 5.11 Å². The summed E-state index contributed by atoms with van der Waals surface area (Å²) < 4.78 is 36.9. The van der Waals surface area contributed by atoms with Crippen LogP contribution < -0.4 is 0 Å². The Labute approximate surface area is 104 Å². The molecule has 1 heterocycles. The number of sulfone groups is 1. The van der Waals surface area contributed by atoms with E-state index in [1.807, 2.05) is 0 Å². The minimum absolute atomic E-state index is 0.131. The Morgan fingerprint density at radius 3 is 2.83 bits per heavy atom. The van der Waals surface area contributed by atoms with Gasteiger partial charge in [-0.2, -0.15) is 0 Å². The first-order valence-corrected chi connectivity index (χ1v) is 7.21. The van der Waals surface area contributed by atoms with Gasteiger partial charge < -0.3 is 5.11 Å². The van der Waals surface area contributed by atoms with Gasteiger partial charge in [-0.05, 0) is 30.2 Å². The van der Waals surface area contributed by atoms with Gasteiger partial charge in [0, 0.05) is 5.92 Å². The third-order valence-corrected chi connectivity index (χ3v) is 5.11. The molecule has 1 aromatic carbocycles. The zero-order valence-electron chi connectivity index (χ0n) is 9.76. The first-order chi connectivity index (χ1) is 8.31.